The molecular formula is C15H23N3O2. The maximum Gasteiger partial charge on any atom is 0.239 e. The molecule has 0 aromatic heterocycles. The van der Waals surface area contributed by atoms with Crippen molar-refractivity contribution in [2.24, 2.45) is 0 Å². The van der Waals surface area contributed by atoms with Crippen molar-refractivity contribution in [1.82, 2.24) is 5.32 Å². The zero-order chi connectivity index (χ0) is 14.4. The number of ether oxygens (including phenoxy) is 1. The van der Waals surface area contributed by atoms with Crippen molar-refractivity contribution in [3.05, 3.63) is 24.3 Å². The Labute approximate surface area is 120 Å². The Bertz CT molecular complexity index is 442. The molecule has 20 heavy (non-hydrogen) atoms. The molecule has 1 aromatic carbocycles. The predicted molar refractivity (Wildman–Crippen MR) is 81.2 cm³/mol. The SMILES string of the molecule is CN(C)c1cccc(NCC(=O)NC2CCOCC2)c1. The average Bonchev–Trinajstić information content (AvgIpc) is 2.46. The van der Waals surface area contributed by atoms with Crippen LogP contribution in [0, 0.1) is 0 Å². The number of benzene rings is 1. The van der Waals surface area contributed by atoms with Crippen molar-refractivity contribution in [3.8, 4) is 0 Å². The number of nitrogens with one attached hydrogen (secondary N) is 2. The summed E-state index contributed by atoms with van der Waals surface area (Å²) < 4.78 is 5.27. The van der Waals surface area contributed by atoms with Crippen LogP contribution >= 0.6 is 0 Å². The minimum absolute atomic E-state index is 0.0344. The van der Waals surface area contributed by atoms with Crippen LogP contribution in [0.5, 0.6) is 0 Å². The highest BCUT2D eigenvalue weighted by Gasteiger charge is 2.15. The van der Waals surface area contributed by atoms with Crippen molar-refractivity contribution in [1.29, 1.82) is 0 Å². The lowest BCUT2D eigenvalue weighted by molar-refractivity contribution is -0.120. The van der Waals surface area contributed by atoms with Crippen LogP contribution < -0.4 is 15.5 Å². The van der Waals surface area contributed by atoms with Gasteiger partial charge in [-0.05, 0) is 31.0 Å². The van der Waals surface area contributed by atoms with Crippen molar-refractivity contribution in [2.45, 2.75) is 18.9 Å². The highest BCUT2D eigenvalue weighted by Crippen LogP contribution is 2.16. The van der Waals surface area contributed by atoms with E-state index >= 15 is 0 Å². The molecule has 0 atom stereocenters. The molecule has 1 fully saturated rings. The van der Waals surface area contributed by atoms with Gasteiger partial charge in [0, 0.05) is 44.7 Å². The number of carbonyl (C=O) groups is 1. The molecule has 110 valence electrons. The summed E-state index contributed by atoms with van der Waals surface area (Å²) in [7, 11) is 3.99. The fraction of sp³-hybridized carbons (Fsp3) is 0.533. The zero-order valence-electron chi connectivity index (χ0n) is 12.2. The van der Waals surface area contributed by atoms with Gasteiger partial charge in [-0.2, -0.15) is 0 Å². The van der Waals surface area contributed by atoms with Crippen LogP contribution in [0.3, 0.4) is 0 Å². The Morgan fingerprint density at radius 1 is 1.35 bits per heavy atom. The van der Waals surface area contributed by atoms with Gasteiger partial charge in [-0.1, -0.05) is 6.07 Å². The van der Waals surface area contributed by atoms with Crippen LogP contribution in [0.25, 0.3) is 0 Å². The molecule has 2 N–H and O–H groups in total. The fourth-order valence-electron chi connectivity index (χ4n) is 2.20. The minimum atomic E-state index is 0.0344. The minimum Gasteiger partial charge on any atom is -0.381 e. The maximum atomic E-state index is 11.9. The summed E-state index contributed by atoms with van der Waals surface area (Å²) >= 11 is 0. The Morgan fingerprint density at radius 2 is 2.10 bits per heavy atom. The quantitative estimate of drug-likeness (QED) is 0.855. The molecular weight excluding hydrogens is 254 g/mol. The first-order chi connectivity index (χ1) is 9.65. The summed E-state index contributed by atoms with van der Waals surface area (Å²) in [5.41, 5.74) is 2.07. The fourth-order valence-corrected chi connectivity index (χ4v) is 2.20. The van der Waals surface area contributed by atoms with Crippen molar-refractivity contribution in [2.75, 3.05) is 44.1 Å². The normalized spacial score (nSPS) is 15.7. The third-order valence-electron chi connectivity index (χ3n) is 3.40. The first-order valence-corrected chi connectivity index (χ1v) is 7.03. The molecule has 2 rings (SSSR count). The molecule has 5 nitrogen and oxygen atoms in total. The summed E-state index contributed by atoms with van der Waals surface area (Å²) in [6, 6.07) is 8.27. The highest BCUT2D eigenvalue weighted by atomic mass is 16.5. The predicted octanol–water partition coefficient (Wildman–Crippen LogP) is 1.46. The molecule has 0 bridgehead atoms. The van der Waals surface area contributed by atoms with E-state index < -0.39 is 0 Å². The second kappa shape index (κ2) is 7.14. The molecule has 0 radical (unpaired) electrons. The number of anilines is 2. The standard InChI is InChI=1S/C15H23N3O2/c1-18(2)14-5-3-4-13(10-14)16-11-15(19)17-12-6-8-20-9-7-12/h3-5,10,12,16H,6-9,11H2,1-2H3,(H,17,19). The van der Waals surface area contributed by atoms with Gasteiger partial charge in [0.2, 0.25) is 5.91 Å². The second-order valence-corrected chi connectivity index (χ2v) is 5.25. The van der Waals surface area contributed by atoms with Crippen molar-refractivity contribution < 1.29 is 9.53 Å². The molecule has 1 saturated heterocycles. The van der Waals surface area contributed by atoms with Gasteiger partial charge < -0.3 is 20.3 Å². The Balaban J connectivity index is 1.79. The molecule has 0 saturated carbocycles. The molecule has 0 spiro atoms. The lowest BCUT2D eigenvalue weighted by Gasteiger charge is -2.23. The number of carbonyl (C=O) groups excluding carboxylic acids is 1. The number of amides is 1. The first kappa shape index (κ1) is 14.7. The smallest absolute Gasteiger partial charge is 0.239 e. The van der Waals surface area contributed by atoms with Crippen LogP contribution in [0.2, 0.25) is 0 Å². The summed E-state index contributed by atoms with van der Waals surface area (Å²) in [4.78, 5) is 13.9. The van der Waals surface area contributed by atoms with E-state index in [2.05, 4.69) is 10.6 Å². The van der Waals surface area contributed by atoms with Gasteiger partial charge in [0.25, 0.3) is 0 Å². The highest BCUT2D eigenvalue weighted by molar-refractivity contribution is 5.81. The Kier molecular flexibility index (Phi) is 5.24. The molecule has 0 aliphatic carbocycles. The number of hydrogen-bond donors (Lipinski definition) is 2. The number of nitrogens with zero attached hydrogens (tertiary/aromatic N) is 1. The third-order valence-corrected chi connectivity index (χ3v) is 3.40. The topological polar surface area (TPSA) is 53.6 Å². The third kappa shape index (κ3) is 4.42. The lowest BCUT2D eigenvalue weighted by atomic mass is 10.1. The summed E-state index contributed by atoms with van der Waals surface area (Å²) in [6.45, 7) is 1.78. The van der Waals surface area contributed by atoms with E-state index in [-0.39, 0.29) is 11.9 Å². The number of hydrogen-bond acceptors (Lipinski definition) is 4. The Hall–Kier alpha value is -1.75. The van der Waals surface area contributed by atoms with Gasteiger partial charge >= 0.3 is 0 Å². The molecule has 5 heteroatoms. The van der Waals surface area contributed by atoms with E-state index in [1.807, 2.05) is 43.3 Å². The van der Waals surface area contributed by atoms with Gasteiger partial charge in [-0.25, -0.2) is 0 Å². The van der Waals surface area contributed by atoms with E-state index in [1.54, 1.807) is 0 Å². The summed E-state index contributed by atoms with van der Waals surface area (Å²) in [6.07, 6.45) is 1.81. The molecule has 0 unspecified atom stereocenters. The average molecular weight is 277 g/mol. The van der Waals surface area contributed by atoms with Gasteiger partial charge in [0.05, 0.1) is 6.54 Å². The van der Waals surface area contributed by atoms with Crippen molar-refractivity contribution >= 4 is 17.3 Å². The maximum absolute atomic E-state index is 11.9. The van der Waals surface area contributed by atoms with Gasteiger partial charge in [0.15, 0.2) is 0 Å². The van der Waals surface area contributed by atoms with Gasteiger partial charge in [-0.3, -0.25) is 4.79 Å². The van der Waals surface area contributed by atoms with Crippen LogP contribution in [0.4, 0.5) is 11.4 Å². The molecule has 1 aliphatic heterocycles. The second-order valence-electron chi connectivity index (χ2n) is 5.25. The van der Waals surface area contributed by atoms with Crippen LogP contribution in [0.15, 0.2) is 24.3 Å². The first-order valence-electron chi connectivity index (χ1n) is 7.03. The number of rotatable bonds is 5. The summed E-state index contributed by atoms with van der Waals surface area (Å²) in [5.74, 6) is 0.0344. The van der Waals surface area contributed by atoms with Crippen LogP contribution in [-0.2, 0) is 9.53 Å². The van der Waals surface area contributed by atoms with Crippen LogP contribution in [-0.4, -0.2) is 45.8 Å². The zero-order valence-corrected chi connectivity index (χ0v) is 12.2. The summed E-state index contributed by atoms with van der Waals surface area (Å²) in [5, 5.41) is 6.19. The van der Waals surface area contributed by atoms with E-state index in [9.17, 15) is 4.79 Å². The lowest BCUT2D eigenvalue weighted by Crippen LogP contribution is -2.41. The van der Waals surface area contributed by atoms with Crippen LogP contribution in [0.1, 0.15) is 12.8 Å². The van der Waals surface area contributed by atoms with E-state index in [0.717, 1.165) is 37.4 Å². The van der Waals surface area contributed by atoms with E-state index in [1.165, 1.54) is 0 Å². The van der Waals surface area contributed by atoms with Gasteiger partial charge in [0.1, 0.15) is 0 Å². The van der Waals surface area contributed by atoms with E-state index in [4.69, 9.17) is 4.74 Å². The Morgan fingerprint density at radius 3 is 2.80 bits per heavy atom. The van der Waals surface area contributed by atoms with E-state index in [0.29, 0.717) is 6.54 Å². The van der Waals surface area contributed by atoms with Gasteiger partial charge in [-0.15, -0.1) is 0 Å². The largest absolute Gasteiger partial charge is 0.381 e. The molecule has 1 amide bonds. The molecule has 1 heterocycles. The molecule has 1 aliphatic rings. The van der Waals surface area contributed by atoms with Crippen molar-refractivity contribution in [3.63, 3.8) is 0 Å². The molecule has 1 aromatic rings. The monoisotopic (exact) mass is 277 g/mol.